The third-order valence-electron chi connectivity index (χ3n) is 3.27. The van der Waals surface area contributed by atoms with Crippen LogP contribution in [0, 0.1) is 0 Å². The monoisotopic (exact) mass is 326 g/mol. The summed E-state index contributed by atoms with van der Waals surface area (Å²) in [5, 5.41) is 37.3. The summed E-state index contributed by atoms with van der Waals surface area (Å²) < 4.78 is 0. The maximum atomic E-state index is 12.0. The lowest BCUT2D eigenvalue weighted by molar-refractivity contribution is -0.111. The van der Waals surface area contributed by atoms with Gasteiger partial charge in [-0.05, 0) is 41.5 Å². The minimum atomic E-state index is -0.579. The summed E-state index contributed by atoms with van der Waals surface area (Å²) >= 11 is 0. The van der Waals surface area contributed by atoms with E-state index in [-0.39, 0.29) is 35.0 Å². The molecule has 0 saturated heterocycles. The van der Waals surface area contributed by atoms with Crippen molar-refractivity contribution in [3.63, 3.8) is 0 Å². The minimum Gasteiger partial charge on any atom is -0.504 e. The quantitative estimate of drug-likeness (QED) is 0.380. The van der Waals surface area contributed by atoms with Crippen molar-refractivity contribution in [1.82, 2.24) is 0 Å². The van der Waals surface area contributed by atoms with Crippen LogP contribution in [0.1, 0.15) is 11.1 Å². The van der Waals surface area contributed by atoms with Gasteiger partial charge in [-0.1, -0.05) is 18.2 Å². The molecular formula is C18H14O6. The number of phenols is 4. The van der Waals surface area contributed by atoms with Gasteiger partial charge in [0.1, 0.15) is 5.94 Å². The fourth-order valence-corrected chi connectivity index (χ4v) is 1.97. The Balaban J connectivity index is 2.13. The summed E-state index contributed by atoms with van der Waals surface area (Å²) in [6, 6.07) is 8.01. The first-order valence-electron chi connectivity index (χ1n) is 6.90. The molecule has 0 fully saturated rings. The first kappa shape index (κ1) is 16.9. The zero-order valence-corrected chi connectivity index (χ0v) is 12.4. The molecule has 0 atom stereocenters. The fourth-order valence-electron chi connectivity index (χ4n) is 1.97. The van der Waals surface area contributed by atoms with Gasteiger partial charge in [0, 0.05) is 6.42 Å². The Hall–Kier alpha value is -3.50. The molecule has 0 amide bonds. The highest BCUT2D eigenvalue weighted by molar-refractivity contribution is 6.11. The second kappa shape index (κ2) is 7.17. The maximum Gasteiger partial charge on any atom is 0.193 e. The number of ketones is 1. The number of carbonyl (C=O) groups excluding carboxylic acids is 2. The summed E-state index contributed by atoms with van der Waals surface area (Å²) in [6.45, 7) is 0. The van der Waals surface area contributed by atoms with E-state index in [0.717, 1.165) is 6.08 Å². The molecule has 24 heavy (non-hydrogen) atoms. The Morgan fingerprint density at radius 3 is 2.12 bits per heavy atom. The molecule has 0 aliphatic carbocycles. The highest BCUT2D eigenvalue weighted by Gasteiger charge is 2.10. The zero-order chi connectivity index (χ0) is 17.7. The standard InChI is InChI=1S/C18H14O6/c19-10-13(7-12-3-6-16(22)18(24)9-12)14(20)4-1-11-2-5-15(21)17(23)8-11/h1-6,8-9,21-24H,7H2/b4-1+. The maximum absolute atomic E-state index is 12.0. The number of hydrogen-bond acceptors (Lipinski definition) is 6. The van der Waals surface area contributed by atoms with Crippen LogP contribution in [0.4, 0.5) is 0 Å². The van der Waals surface area contributed by atoms with Crippen molar-refractivity contribution in [2.24, 2.45) is 0 Å². The lowest BCUT2D eigenvalue weighted by atomic mass is 10.0. The second-order valence-electron chi connectivity index (χ2n) is 5.03. The first-order valence-corrected chi connectivity index (χ1v) is 6.90. The van der Waals surface area contributed by atoms with Gasteiger partial charge >= 0.3 is 0 Å². The van der Waals surface area contributed by atoms with Gasteiger partial charge in [0.15, 0.2) is 28.8 Å². The van der Waals surface area contributed by atoms with Gasteiger partial charge in [0.2, 0.25) is 0 Å². The van der Waals surface area contributed by atoms with E-state index in [0.29, 0.717) is 11.1 Å². The highest BCUT2D eigenvalue weighted by Crippen LogP contribution is 2.27. The van der Waals surface area contributed by atoms with Gasteiger partial charge in [0.05, 0.1) is 5.57 Å². The lowest BCUT2D eigenvalue weighted by Gasteiger charge is -2.03. The molecule has 6 nitrogen and oxygen atoms in total. The van der Waals surface area contributed by atoms with Gasteiger partial charge in [-0.3, -0.25) is 4.79 Å². The third kappa shape index (κ3) is 4.03. The van der Waals surface area contributed by atoms with Gasteiger partial charge < -0.3 is 20.4 Å². The molecule has 2 aromatic carbocycles. The van der Waals surface area contributed by atoms with Crippen LogP contribution in [0.2, 0.25) is 0 Å². The second-order valence-corrected chi connectivity index (χ2v) is 5.03. The lowest BCUT2D eigenvalue weighted by Crippen LogP contribution is -2.03. The molecule has 0 aliphatic heterocycles. The first-order chi connectivity index (χ1) is 11.4. The molecule has 0 aromatic heterocycles. The smallest absolute Gasteiger partial charge is 0.193 e. The average Bonchev–Trinajstić information content (AvgIpc) is 2.56. The zero-order valence-electron chi connectivity index (χ0n) is 12.4. The molecule has 0 spiro atoms. The van der Waals surface area contributed by atoms with Crippen molar-refractivity contribution in [3.8, 4) is 23.0 Å². The number of allylic oxidation sites excluding steroid dienone is 2. The molecule has 2 rings (SSSR count). The summed E-state index contributed by atoms with van der Waals surface area (Å²) in [4.78, 5) is 23.1. The molecule has 0 bridgehead atoms. The van der Waals surface area contributed by atoms with E-state index in [9.17, 15) is 30.0 Å². The van der Waals surface area contributed by atoms with E-state index in [1.165, 1.54) is 42.5 Å². The SMILES string of the molecule is O=C=C(Cc1ccc(O)c(O)c1)C(=O)/C=C/c1ccc(O)c(O)c1. The molecular weight excluding hydrogens is 312 g/mol. The average molecular weight is 326 g/mol. The molecule has 0 aliphatic rings. The number of phenolic OH excluding ortho intramolecular Hbond substituents is 4. The van der Waals surface area contributed by atoms with Crippen LogP contribution in [0.15, 0.2) is 48.0 Å². The van der Waals surface area contributed by atoms with E-state index in [4.69, 9.17) is 0 Å². The van der Waals surface area contributed by atoms with Crippen molar-refractivity contribution in [2.75, 3.05) is 0 Å². The van der Waals surface area contributed by atoms with Crippen molar-refractivity contribution in [2.45, 2.75) is 6.42 Å². The van der Waals surface area contributed by atoms with Crippen molar-refractivity contribution >= 4 is 17.8 Å². The minimum absolute atomic E-state index is 0.0542. The van der Waals surface area contributed by atoms with Crippen LogP contribution in [0.5, 0.6) is 23.0 Å². The molecule has 2 aromatic rings. The van der Waals surface area contributed by atoms with Crippen LogP contribution in [-0.4, -0.2) is 32.2 Å². The topological polar surface area (TPSA) is 115 Å². The molecule has 0 unspecified atom stereocenters. The summed E-state index contributed by atoms with van der Waals surface area (Å²) in [7, 11) is 0. The van der Waals surface area contributed by atoms with E-state index in [2.05, 4.69) is 0 Å². The highest BCUT2D eigenvalue weighted by atomic mass is 16.3. The van der Waals surface area contributed by atoms with Crippen LogP contribution in [-0.2, 0) is 16.0 Å². The molecule has 6 heteroatoms. The largest absolute Gasteiger partial charge is 0.504 e. The van der Waals surface area contributed by atoms with Crippen LogP contribution < -0.4 is 0 Å². The number of aromatic hydroxyl groups is 4. The Bertz CT molecular complexity index is 860. The summed E-state index contributed by atoms with van der Waals surface area (Å²) in [5.74, 6) is -0.252. The molecule has 4 N–H and O–H groups in total. The van der Waals surface area contributed by atoms with E-state index < -0.39 is 5.78 Å². The van der Waals surface area contributed by atoms with Gasteiger partial charge in [-0.2, -0.15) is 0 Å². The summed E-state index contributed by atoms with van der Waals surface area (Å²) in [6.07, 6.45) is 2.47. The van der Waals surface area contributed by atoms with Crippen molar-refractivity contribution < 1.29 is 30.0 Å². The van der Waals surface area contributed by atoms with Gasteiger partial charge in [0.25, 0.3) is 0 Å². The van der Waals surface area contributed by atoms with Crippen molar-refractivity contribution in [3.05, 3.63) is 59.2 Å². The van der Waals surface area contributed by atoms with Crippen LogP contribution in [0.25, 0.3) is 6.08 Å². The fraction of sp³-hybridized carbons (Fsp3) is 0.0556. The Morgan fingerprint density at radius 2 is 1.54 bits per heavy atom. The number of carbonyl (C=O) groups is 1. The third-order valence-corrected chi connectivity index (χ3v) is 3.27. The van der Waals surface area contributed by atoms with Crippen molar-refractivity contribution in [1.29, 1.82) is 0 Å². The summed E-state index contributed by atoms with van der Waals surface area (Å²) in [5.41, 5.74) is 0.776. The van der Waals surface area contributed by atoms with E-state index >= 15 is 0 Å². The molecule has 0 radical (unpaired) electrons. The van der Waals surface area contributed by atoms with Crippen LogP contribution in [0.3, 0.4) is 0 Å². The Morgan fingerprint density at radius 1 is 0.917 bits per heavy atom. The normalized spacial score (nSPS) is 10.5. The van der Waals surface area contributed by atoms with Gasteiger partial charge in [-0.25, -0.2) is 4.79 Å². The Kier molecular flexibility index (Phi) is 5.04. The van der Waals surface area contributed by atoms with Gasteiger partial charge in [-0.15, -0.1) is 0 Å². The van der Waals surface area contributed by atoms with E-state index in [1.807, 2.05) is 0 Å². The van der Waals surface area contributed by atoms with E-state index in [1.54, 1.807) is 5.94 Å². The molecule has 0 heterocycles. The predicted octanol–water partition coefficient (Wildman–Crippen LogP) is 2.09. The predicted molar refractivity (Wildman–Crippen MR) is 86.5 cm³/mol. The van der Waals surface area contributed by atoms with Crippen LogP contribution >= 0.6 is 0 Å². The molecule has 0 saturated carbocycles. The number of hydrogen-bond donors (Lipinski definition) is 4. The molecule has 122 valence electrons. The number of benzene rings is 2. The Labute approximate surface area is 137 Å². The number of rotatable bonds is 5.